The van der Waals surface area contributed by atoms with Crippen LogP contribution in [0.2, 0.25) is 0 Å². The zero-order chi connectivity index (χ0) is 21.9. The van der Waals surface area contributed by atoms with Crippen LogP contribution in [0.5, 0.6) is 5.75 Å². The van der Waals surface area contributed by atoms with Crippen LogP contribution in [0.3, 0.4) is 0 Å². The van der Waals surface area contributed by atoms with Crippen molar-refractivity contribution in [2.75, 3.05) is 19.8 Å². The molecule has 2 aromatic carbocycles. The van der Waals surface area contributed by atoms with Crippen LogP contribution in [0.25, 0.3) is 0 Å². The highest BCUT2D eigenvalue weighted by atomic mass is 16.5. The second-order valence-corrected chi connectivity index (χ2v) is 6.74. The first-order chi connectivity index (χ1) is 14.4. The van der Waals surface area contributed by atoms with Crippen molar-refractivity contribution >= 4 is 17.8 Å². The highest BCUT2D eigenvalue weighted by molar-refractivity contribution is 5.96. The lowest BCUT2D eigenvalue weighted by molar-refractivity contribution is -0.147. The van der Waals surface area contributed by atoms with Gasteiger partial charge in [-0.2, -0.15) is 0 Å². The normalized spacial score (nSPS) is 11.3. The van der Waals surface area contributed by atoms with E-state index >= 15 is 0 Å². The highest BCUT2D eigenvalue weighted by Crippen LogP contribution is 2.17. The predicted molar refractivity (Wildman–Crippen MR) is 113 cm³/mol. The number of carbonyl (C=O) groups excluding carboxylic acids is 3. The van der Waals surface area contributed by atoms with E-state index in [-0.39, 0.29) is 12.6 Å². The fourth-order valence-electron chi connectivity index (χ4n) is 2.78. The molecule has 7 heteroatoms. The molecule has 1 atom stereocenters. The number of hydrogen-bond donors (Lipinski definition) is 2. The van der Waals surface area contributed by atoms with E-state index in [0.717, 1.165) is 11.1 Å². The van der Waals surface area contributed by atoms with Crippen molar-refractivity contribution in [2.45, 2.75) is 33.2 Å². The molecule has 0 aromatic heterocycles. The van der Waals surface area contributed by atoms with Crippen molar-refractivity contribution in [3.8, 4) is 5.75 Å². The first-order valence-corrected chi connectivity index (χ1v) is 9.95. The number of hydrogen-bond acceptors (Lipinski definition) is 5. The molecule has 30 heavy (non-hydrogen) atoms. The Morgan fingerprint density at radius 2 is 1.63 bits per heavy atom. The molecule has 0 aliphatic carbocycles. The van der Waals surface area contributed by atoms with Crippen molar-refractivity contribution in [3.63, 3.8) is 0 Å². The monoisotopic (exact) mass is 412 g/mol. The Kier molecular flexibility index (Phi) is 8.87. The van der Waals surface area contributed by atoms with Gasteiger partial charge >= 0.3 is 5.97 Å². The van der Waals surface area contributed by atoms with Crippen LogP contribution in [-0.2, 0) is 14.3 Å². The topological polar surface area (TPSA) is 93.7 Å². The van der Waals surface area contributed by atoms with Gasteiger partial charge in [-0.05, 0) is 50.1 Å². The van der Waals surface area contributed by atoms with Crippen molar-refractivity contribution in [3.05, 3.63) is 65.2 Å². The first-order valence-electron chi connectivity index (χ1n) is 9.95. The van der Waals surface area contributed by atoms with E-state index in [1.54, 1.807) is 24.3 Å². The minimum absolute atomic E-state index is 0.156. The molecule has 0 saturated carbocycles. The molecule has 0 bridgehead atoms. The maximum atomic E-state index is 12.1. The summed E-state index contributed by atoms with van der Waals surface area (Å²) in [5.74, 6) is -0.832. The van der Waals surface area contributed by atoms with Crippen LogP contribution in [0.15, 0.2) is 48.5 Å². The smallest absolute Gasteiger partial charge is 0.325 e. The third-order valence-electron chi connectivity index (χ3n) is 4.41. The molecule has 0 aliphatic heterocycles. The Morgan fingerprint density at radius 3 is 2.23 bits per heavy atom. The van der Waals surface area contributed by atoms with E-state index in [2.05, 4.69) is 10.6 Å². The van der Waals surface area contributed by atoms with Crippen molar-refractivity contribution < 1.29 is 23.9 Å². The van der Waals surface area contributed by atoms with E-state index in [9.17, 15) is 14.4 Å². The summed E-state index contributed by atoms with van der Waals surface area (Å²) in [6, 6.07) is 14.3. The molecule has 0 spiro atoms. The van der Waals surface area contributed by atoms with Crippen molar-refractivity contribution in [1.29, 1.82) is 0 Å². The van der Waals surface area contributed by atoms with Crippen LogP contribution in [-0.4, -0.2) is 37.5 Å². The van der Waals surface area contributed by atoms with Gasteiger partial charge in [0, 0.05) is 5.56 Å². The van der Waals surface area contributed by atoms with E-state index in [0.29, 0.717) is 24.3 Å². The van der Waals surface area contributed by atoms with Gasteiger partial charge in [0.25, 0.3) is 11.8 Å². The molecule has 2 amide bonds. The third-order valence-corrected chi connectivity index (χ3v) is 4.41. The zero-order valence-corrected chi connectivity index (χ0v) is 17.6. The van der Waals surface area contributed by atoms with Gasteiger partial charge in [0.15, 0.2) is 6.61 Å². The summed E-state index contributed by atoms with van der Waals surface area (Å²) < 4.78 is 10.3. The lowest BCUT2D eigenvalue weighted by Gasteiger charge is -2.17. The number of rotatable bonds is 10. The number of benzene rings is 2. The van der Waals surface area contributed by atoms with Gasteiger partial charge in [-0.15, -0.1) is 0 Å². The Hall–Kier alpha value is -3.35. The summed E-state index contributed by atoms with van der Waals surface area (Å²) >= 11 is 0. The summed E-state index contributed by atoms with van der Waals surface area (Å²) in [5, 5.41) is 5.32. The lowest BCUT2D eigenvalue weighted by atomic mass is 10.0. The number of nitrogens with one attached hydrogen (secondary N) is 2. The summed E-state index contributed by atoms with van der Waals surface area (Å²) in [5.41, 5.74) is 2.53. The molecule has 0 aliphatic rings. The molecule has 0 heterocycles. The zero-order valence-electron chi connectivity index (χ0n) is 17.6. The largest absolute Gasteiger partial charge is 0.494 e. The van der Waals surface area contributed by atoms with E-state index in [4.69, 9.17) is 9.47 Å². The van der Waals surface area contributed by atoms with Gasteiger partial charge in [-0.25, -0.2) is 0 Å². The van der Waals surface area contributed by atoms with Gasteiger partial charge in [0.1, 0.15) is 12.3 Å². The van der Waals surface area contributed by atoms with Gasteiger partial charge in [-0.1, -0.05) is 36.8 Å². The Balaban J connectivity index is 1.74. The standard InChI is InChI=1S/C23H28N2O5/c1-4-20(17-8-6-16(3)7-9-17)25-21(26)15-30-22(27)14-24-23(28)18-10-12-19(13-11-18)29-5-2/h6-13,20H,4-5,14-15H2,1-3H3,(H,24,28)(H,25,26)/t20-/m1/s1. The van der Waals surface area contributed by atoms with Gasteiger partial charge in [0.2, 0.25) is 0 Å². The molecular formula is C23H28N2O5. The summed E-state index contributed by atoms with van der Waals surface area (Å²) in [7, 11) is 0. The molecule has 2 N–H and O–H groups in total. The maximum Gasteiger partial charge on any atom is 0.325 e. The van der Waals surface area contributed by atoms with Gasteiger partial charge in [-0.3, -0.25) is 14.4 Å². The average molecular weight is 412 g/mol. The number of ether oxygens (including phenoxy) is 2. The van der Waals surface area contributed by atoms with Gasteiger partial charge in [0.05, 0.1) is 12.6 Å². The van der Waals surface area contributed by atoms with Crippen LogP contribution < -0.4 is 15.4 Å². The van der Waals surface area contributed by atoms with E-state index in [1.807, 2.05) is 45.0 Å². The number of esters is 1. The lowest BCUT2D eigenvalue weighted by Crippen LogP contribution is -2.35. The Morgan fingerprint density at radius 1 is 0.967 bits per heavy atom. The second-order valence-electron chi connectivity index (χ2n) is 6.74. The number of carbonyl (C=O) groups is 3. The molecule has 7 nitrogen and oxygen atoms in total. The van der Waals surface area contributed by atoms with Crippen LogP contribution in [0, 0.1) is 6.92 Å². The second kappa shape index (κ2) is 11.6. The molecule has 0 fully saturated rings. The van der Waals surface area contributed by atoms with Crippen LogP contribution in [0.4, 0.5) is 0 Å². The summed E-state index contributed by atoms with van der Waals surface area (Å²) in [6.07, 6.45) is 0.709. The predicted octanol–water partition coefficient (Wildman–Crippen LogP) is 2.93. The van der Waals surface area contributed by atoms with Crippen LogP contribution in [0.1, 0.15) is 47.8 Å². The van der Waals surface area contributed by atoms with Crippen LogP contribution >= 0.6 is 0 Å². The Bertz CT molecular complexity index is 847. The third kappa shape index (κ3) is 7.24. The van der Waals surface area contributed by atoms with Crippen molar-refractivity contribution in [1.82, 2.24) is 10.6 Å². The molecule has 160 valence electrons. The van der Waals surface area contributed by atoms with E-state index < -0.39 is 24.4 Å². The summed E-state index contributed by atoms with van der Waals surface area (Å²) in [4.78, 5) is 36.0. The fraction of sp³-hybridized carbons (Fsp3) is 0.348. The maximum absolute atomic E-state index is 12.1. The molecule has 2 aromatic rings. The number of aryl methyl sites for hydroxylation is 1. The summed E-state index contributed by atoms with van der Waals surface area (Å²) in [6.45, 7) is 5.64. The minimum atomic E-state index is -0.687. The number of amides is 2. The Labute approximate surface area is 176 Å². The molecule has 0 unspecified atom stereocenters. The van der Waals surface area contributed by atoms with Gasteiger partial charge < -0.3 is 20.1 Å². The minimum Gasteiger partial charge on any atom is -0.494 e. The van der Waals surface area contributed by atoms with E-state index in [1.165, 1.54) is 0 Å². The SMILES string of the molecule is CCOc1ccc(C(=O)NCC(=O)OCC(=O)N[C@H](CC)c2ccc(C)cc2)cc1. The molecule has 2 rings (SSSR count). The molecule has 0 radical (unpaired) electrons. The first kappa shape index (κ1) is 22.9. The highest BCUT2D eigenvalue weighted by Gasteiger charge is 2.15. The molecular weight excluding hydrogens is 384 g/mol. The average Bonchev–Trinajstić information content (AvgIpc) is 2.75. The molecule has 0 saturated heterocycles. The van der Waals surface area contributed by atoms with Crippen molar-refractivity contribution in [2.24, 2.45) is 0 Å². The fourth-order valence-corrected chi connectivity index (χ4v) is 2.78. The quantitative estimate of drug-likeness (QED) is 0.585.